The van der Waals surface area contributed by atoms with E-state index in [0.717, 1.165) is 18.4 Å². The van der Waals surface area contributed by atoms with Gasteiger partial charge in [0.05, 0.1) is 6.10 Å². The van der Waals surface area contributed by atoms with Crippen LogP contribution in [0.5, 0.6) is 0 Å². The Kier molecular flexibility index (Phi) is 3.51. The number of methoxy groups -OCH3 is 1. The predicted octanol–water partition coefficient (Wildman–Crippen LogP) is 2.27. The maximum Gasteiger partial charge on any atom is 0.109 e. The minimum absolute atomic E-state index is 0.128. The Balaban J connectivity index is 2.72. The van der Waals surface area contributed by atoms with Crippen LogP contribution in [0.2, 0.25) is 0 Å². The third kappa shape index (κ3) is 2.32. The summed E-state index contributed by atoms with van der Waals surface area (Å²) in [6.45, 7) is 3.76. The first-order valence-corrected chi connectivity index (χ1v) is 5.03. The SMILES string of the molecule is COC(C)C(C)(O)C1=CCCCC1. The Labute approximate surface area is 80.6 Å². The fourth-order valence-electron chi connectivity index (χ4n) is 1.79. The van der Waals surface area contributed by atoms with E-state index in [1.807, 2.05) is 13.8 Å². The van der Waals surface area contributed by atoms with Crippen LogP contribution in [-0.2, 0) is 4.74 Å². The molecule has 0 spiro atoms. The zero-order valence-corrected chi connectivity index (χ0v) is 8.84. The van der Waals surface area contributed by atoms with Gasteiger partial charge in [0.25, 0.3) is 0 Å². The maximum absolute atomic E-state index is 10.2. The molecule has 0 bridgehead atoms. The van der Waals surface area contributed by atoms with E-state index in [4.69, 9.17) is 4.74 Å². The van der Waals surface area contributed by atoms with E-state index < -0.39 is 5.60 Å². The molecule has 0 radical (unpaired) electrons. The largest absolute Gasteiger partial charge is 0.383 e. The minimum Gasteiger partial charge on any atom is -0.383 e. The summed E-state index contributed by atoms with van der Waals surface area (Å²) >= 11 is 0. The summed E-state index contributed by atoms with van der Waals surface area (Å²) in [4.78, 5) is 0. The van der Waals surface area contributed by atoms with Gasteiger partial charge in [-0.15, -0.1) is 0 Å². The number of hydrogen-bond acceptors (Lipinski definition) is 2. The van der Waals surface area contributed by atoms with Gasteiger partial charge in [-0.1, -0.05) is 6.08 Å². The Morgan fingerprint density at radius 3 is 2.69 bits per heavy atom. The highest BCUT2D eigenvalue weighted by Gasteiger charge is 2.32. The van der Waals surface area contributed by atoms with Crippen LogP contribution in [-0.4, -0.2) is 23.9 Å². The Bertz CT molecular complexity index is 194. The zero-order valence-electron chi connectivity index (χ0n) is 8.84. The molecule has 2 nitrogen and oxygen atoms in total. The molecule has 0 aromatic carbocycles. The van der Waals surface area contributed by atoms with Gasteiger partial charge in [-0.05, 0) is 45.1 Å². The van der Waals surface area contributed by atoms with Crippen molar-refractivity contribution >= 4 is 0 Å². The van der Waals surface area contributed by atoms with E-state index in [1.165, 1.54) is 12.8 Å². The summed E-state index contributed by atoms with van der Waals surface area (Å²) in [6.07, 6.45) is 6.60. The zero-order chi connectivity index (χ0) is 9.90. The second-order valence-electron chi connectivity index (χ2n) is 4.00. The van der Waals surface area contributed by atoms with Gasteiger partial charge in [0.1, 0.15) is 5.60 Å². The van der Waals surface area contributed by atoms with Gasteiger partial charge < -0.3 is 9.84 Å². The van der Waals surface area contributed by atoms with Crippen molar-refractivity contribution in [3.8, 4) is 0 Å². The number of allylic oxidation sites excluding steroid dienone is 1. The minimum atomic E-state index is -0.783. The van der Waals surface area contributed by atoms with Crippen LogP contribution in [0, 0.1) is 0 Å². The molecule has 1 aliphatic rings. The lowest BCUT2D eigenvalue weighted by atomic mass is 9.83. The number of ether oxygens (including phenoxy) is 1. The maximum atomic E-state index is 10.2. The third-order valence-corrected chi connectivity index (χ3v) is 3.09. The summed E-state index contributed by atoms with van der Waals surface area (Å²) < 4.78 is 5.18. The van der Waals surface area contributed by atoms with Gasteiger partial charge in [-0.3, -0.25) is 0 Å². The van der Waals surface area contributed by atoms with E-state index in [2.05, 4.69) is 6.08 Å². The fraction of sp³-hybridized carbons (Fsp3) is 0.818. The molecule has 0 heterocycles. The summed E-state index contributed by atoms with van der Waals surface area (Å²) in [6, 6.07) is 0. The van der Waals surface area contributed by atoms with E-state index in [9.17, 15) is 5.11 Å². The Hall–Kier alpha value is -0.340. The lowest BCUT2D eigenvalue weighted by Crippen LogP contribution is -2.40. The molecule has 1 rings (SSSR count). The Morgan fingerprint density at radius 2 is 2.23 bits per heavy atom. The van der Waals surface area contributed by atoms with Crippen LogP contribution in [0.4, 0.5) is 0 Å². The van der Waals surface area contributed by atoms with E-state index >= 15 is 0 Å². The van der Waals surface area contributed by atoms with Crippen LogP contribution >= 0.6 is 0 Å². The van der Waals surface area contributed by atoms with Gasteiger partial charge in [0.15, 0.2) is 0 Å². The van der Waals surface area contributed by atoms with E-state index in [0.29, 0.717) is 0 Å². The molecule has 0 saturated heterocycles. The molecule has 1 aliphatic carbocycles. The average molecular weight is 184 g/mol. The van der Waals surface area contributed by atoms with Gasteiger partial charge >= 0.3 is 0 Å². The highest BCUT2D eigenvalue weighted by Crippen LogP contribution is 2.30. The molecule has 0 aromatic heterocycles. The molecule has 0 amide bonds. The van der Waals surface area contributed by atoms with Gasteiger partial charge in [-0.2, -0.15) is 0 Å². The summed E-state index contributed by atoms with van der Waals surface area (Å²) in [5, 5.41) is 10.2. The van der Waals surface area contributed by atoms with Crippen molar-refractivity contribution in [3.63, 3.8) is 0 Å². The second kappa shape index (κ2) is 4.25. The Morgan fingerprint density at radius 1 is 1.54 bits per heavy atom. The quantitative estimate of drug-likeness (QED) is 0.682. The third-order valence-electron chi connectivity index (χ3n) is 3.09. The standard InChI is InChI=1S/C11H20O2/c1-9(13-3)11(2,12)10-7-5-4-6-8-10/h7,9,12H,4-6,8H2,1-3H3. The number of rotatable bonds is 3. The molecular formula is C11H20O2. The van der Waals surface area contributed by atoms with Crippen LogP contribution < -0.4 is 0 Å². The summed E-state index contributed by atoms with van der Waals surface area (Å²) in [7, 11) is 1.64. The van der Waals surface area contributed by atoms with Crippen molar-refractivity contribution in [2.75, 3.05) is 7.11 Å². The first kappa shape index (κ1) is 10.7. The molecule has 0 saturated carbocycles. The molecule has 0 aromatic rings. The van der Waals surface area contributed by atoms with Crippen molar-refractivity contribution in [1.82, 2.24) is 0 Å². The monoisotopic (exact) mass is 184 g/mol. The summed E-state index contributed by atoms with van der Waals surface area (Å²) in [5.74, 6) is 0. The number of aliphatic hydroxyl groups is 1. The van der Waals surface area contributed by atoms with Crippen LogP contribution in [0.3, 0.4) is 0 Å². The predicted molar refractivity (Wildman–Crippen MR) is 53.6 cm³/mol. The highest BCUT2D eigenvalue weighted by atomic mass is 16.5. The van der Waals surface area contributed by atoms with Crippen molar-refractivity contribution in [2.45, 2.75) is 51.2 Å². The molecule has 76 valence electrons. The van der Waals surface area contributed by atoms with Gasteiger partial charge in [0.2, 0.25) is 0 Å². The highest BCUT2D eigenvalue weighted by molar-refractivity contribution is 5.19. The molecule has 2 atom stereocenters. The smallest absolute Gasteiger partial charge is 0.109 e. The molecule has 2 heteroatoms. The fourth-order valence-corrected chi connectivity index (χ4v) is 1.79. The van der Waals surface area contributed by atoms with E-state index in [-0.39, 0.29) is 6.10 Å². The van der Waals surface area contributed by atoms with Crippen molar-refractivity contribution < 1.29 is 9.84 Å². The topological polar surface area (TPSA) is 29.5 Å². The second-order valence-corrected chi connectivity index (χ2v) is 4.00. The van der Waals surface area contributed by atoms with Crippen molar-refractivity contribution in [1.29, 1.82) is 0 Å². The van der Waals surface area contributed by atoms with E-state index in [1.54, 1.807) is 7.11 Å². The first-order valence-electron chi connectivity index (χ1n) is 5.03. The van der Waals surface area contributed by atoms with Crippen molar-refractivity contribution in [2.24, 2.45) is 0 Å². The van der Waals surface area contributed by atoms with Crippen LogP contribution in [0.15, 0.2) is 11.6 Å². The molecular weight excluding hydrogens is 164 g/mol. The molecule has 0 aliphatic heterocycles. The first-order chi connectivity index (χ1) is 6.09. The number of hydrogen-bond donors (Lipinski definition) is 1. The molecule has 13 heavy (non-hydrogen) atoms. The van der Waals surface area contributed by atoms with Crippen LogP contribution in [0.1, 0.15) is 39.5 Å². The van der Waals surface area contributed by atoms with Gasteiger partial charge in [0, 0.05) is 7.11 Å². The lowest BCUT2D eigenvalue weighted by molar-refractivity contribution is -0.0502. The molecule has 2 unspecified atom stereocenters. The molecule has 1 N–H and O–H groups in total. The van der Waals surface area contributed by atoms with Crippen molar-refractivity contribution in [3.05, 3.63) is 11.6 Å². The lowest BCUT2D eigenvalue weighted by Gasteiger charge is -2.33. The normalized spacial score (nSPS) is 24.8. The average Bonchev–Trinajstić information content (AvgIpc) is 2.18. The van der Waals surface area contributed by atoms with Gasteiger partial charge in [-0.25, -0.2) is 0 Å². The van der Waals surface area contributed by atoms with Crippen LogP contribution in [0.25, 0.3) is 0 Å². The summed E-state index contributed by atoms with van der Waals surface area (Å²) in [5.41, 5.74) is 0.364. The molecule has 0 fully saturated rings.